The van der Waals surface area contributed by atoms with Crippen LogP contribution in [0.4, 0.5) is 0 Å². The summed E-state index contributed by atoms with van der Waals surface area (Å²) in [6.07, 6.45) is 46.8. The molecule has 0 amide bonds. The van der Waals surface area contributed by atoms with Crippen molar-refractivity contribution in [2.45, 2.75) is 219 Å². The zero-order chi connectivity index (χ0) is 31.5. The van der Waals surface area contributed by atoms with E-state index in [0.29, 0.717) is 0 Å². The van der Waals surface area contributed by atoms with E-state index in [1.807, 2.05) is 0 Å². The molecule has 258 valence electrons. The van der Waals surface area contributed by atoms with E-state index in [1.165, 1.54) is 186 Å². The summed E-state index contributed by atoms with van der Waals surface area (Å²) in [5.74, 6) is 0.0158. The Bertz CT molecular complexity index is 668. The van der Waals surface area contributed by atoms with Crippen LogP contribution < -0.4 is 51.4 Å². The van der Waals surface area contributed by atoms with Crippen molar-refractivity contribution in [1.29, 1.82) is 0 Å². The van der Waals surface area contributed by atoms with Gasteiger partial charge < -0.3 is 4.55 Å². The molecule has 6 heteroatoms. The molecule has 0 saturated heterocycles. The molecule has 0 bridgehead atoms. The molecule has 0 rings (SSSR count). The normalized spacial score (nSPS) is 12.6. The Balaban J connectivity index is 0. The van der Waals surface area contributed by atoms with E-state index in [-0.39, 0.29) is 63.9 Å². The number of allylic oxidation sites excluding steroid dienone is 1. The van der Waals surface area contributed by atoms with Gasteiger partial charge >= 0.3 is 51.4 Å². The molecule has 0 aromatic carbocycles. The summed E-state index contributed by atoms with van der Waals surface area (Å²) in [5, 5.41) is 0. The summed E-state index contributed by atoms with van der Waals surface area (Å²) in [7, 11) is -4.62. The molecule has 0 aromatic rings. The van der Waals surface area contributed by atoms with Gasteiger partial charge in [0.2, 0.25) is 10.4 Å². The molecule has 4 nitrogen and oxygen atoms in total. The summed E-state index contributed by atoms with van der Waals surface area (Å²) in [6, 6.07) is 0. The molecule has 0 aliphatic heterocycles. The van der Waals surface area contributed by atoms with Crippen LogP contribution in [0.15, 0.2) is 12.2 Å². The van der Waals surface area contributed by atoms with Crippen molar-refractivity contribution < 1.29 is 68.5 Å². The zero-order valence-corrected chi connectivity index (χ0v) is 34.0. The van der Waals surface area contributed by atoms with Crippen molar-refractivity contribution in [3.8, 4) is 0 Å². The first kappa shape index (κ1) is 47.4. The molecule has 44 heavy (non-hydrogen) atoms. The molecule has 0 aromatic heterocycles. The molecule has 1 unspecified atom stereocenters. The van der Waals surface area contributed by atoms with E-state index >= 15 is 0 Å². The van der Waals surface area contributed by atoms with Crippen molar-refractivity contribution in [2.75, 3.05) is 6.61 Å². The van der Waals surface area contributed by atoms with Crippen LogP contribution in [-0.2, 0) is 14.6 Å². The van der Waals surface area contributed by atoms with Gasteiger partial charge in [-0.1, -0.05) is 212 Å². The summed E-state index contributed by atoms with van der Waals surface area (Å²) < 4.78 is 37.6. The standard InChI is InChI=1S/C38H76O4S.K/c1-3-5-7-9-11-13-15-17-19-20-22-24-26-28-30-32-34-36-38(37-42-43(39,40)41)35-33-31-29-27-25-23-21-18-16-14-12-10-8-6-4-2;/h33,35,38H,3-32,34,36-37H2,1-2H3,(H,39,40,41);/q;+1/p-1/b35-33+;. The minimum Gasteiger partial charge on any atom is -0.726 e. The second-order valence-corrected chi connectivity index (χ2v) is 14.4. The average Bonchev–Trinajstić information content (AvgIpc) is 2.98. The predicted octanol–water partition coefficient (Wildman–Crippen LogP) is 10.2. The van der Waals surface area contributed by atoms with Gasteiger partial charge in [-0.15, -0.1) is 0 Å². The van der Waals surface area contributed by atoms with Gasteiger partial charge in [0.1, 0.15) is 0 Å². The Morgan fingerprint density at radius 1 is 0.500 bits per heavy atom. The number of rotatable bonds is 36. The van der Waals surface area contributed by atoms with Gasteiger partial charge in [-0.2, -0.15) is 0 Å². The first-order valence-corrected chi connectivity index (χ1v) is 20.6. The maximum atomic E-state index is 11.0. The second-order valence-electron chi connectivity index (χ2n) is 13.4. The maximum Gasteiger partial charge on any atom is 1.00 e. The molecule has 0 aliphatic carbocycles. The van der Waals surface area contributed by atoms with Crippen molar-refractivity contribution >= 4 is 10.4 Å². The van der Waals surface area contributed by atoms with Crippen LogP contribution in [-0.4, -0.2) is 19.6 Å². The summed E-state index contributed by atoms with van der Waals surface area (Å²) in [5.41, 5.74) is 0. The minimum absolute atomic E-state index is 0. The molecule has 0 aliphatic rings. The van der Waals surface area contributed by atoms with Crippen LogP contribution in [0.2, 0.25) is 0 Å². The molecular formula is C38H75KO4S. The van der Waals surface area contributed by atoms with Crippen molar-refractivity contribution in [1.82, 2.24) is 0 Å². The second kappa shape index (κ2) is 38.7. The Morgan fingerprint density at radius 3 is 1.11 bits per heavy atom. The van der Waals surface area contributed by atoms with Gasteiger partial charge in [0.25, 0.3) is 0 Å². The van der Waals surface area contributed by atoms with Crippen molar-refractivity contribution in [2.24, 2.45) is 5.92 Å². The average molecular weight is 667 g/mol. The van der Waals surface area contributed by atoms with Crippen LogP contribution in [0, 0.1) is 5.92 Å². The summed E-state index contributed by atoms with van der Waals surface area (Å²) >= 11 is 0. The van der Waals surface area contributed by atoms with Gasteiger partial charge in [-0.3, -0.25) is 4.18 Å². The first-order chi connectivity index (χ1) is 21.0. The monoisotopic (exact) mass is 667 g/mol. The van der Waals surface area contributed by atoms with E-state index in [4.69, 9.17) is 0 Å². The summed E-state index contributed by atoms with van der Waals surface area (Å²) in [4.78, 5) is 0. The van der Waals surface area contributed by atoms with Crippen LogP contribution in [0.5, 0.6) is 0 Å². The Kier molecular flexibility index (Phi) is 41.6. The molecular weight excluding hydrogens is 592 g/mol. The topological polar surface area (TPSA) is 66.4 Å². The van der Waals surface area contributed by atoms with Gasteiger partial charge in [0, 0.05) is 5.92 Å². The third-order valence-corrected chi connectivity index (χ3v) is 9.41. The van der Waals surface area contributed by atoms with Gasteiger partial charge in [0.05, 0.1) is 6.61 Å². The summed E-state index contributed by atoms with van der Waals surface area (Å²) in [6.45, 7) is 4.54. The van der Waals surface area contributed by atoms with E-state index < -0.39 is 10.4 Å². The van der Waals surface area contributed by atoms with E-state index in [2.05, 4.69) is 30.2 Å². The molecule has 0 spiro atoms. The van der Waals surface area contributed by atoms with Gasteiger partial charge in [0.15, 0.2) is 0 Å². The number of hydrogen-bond acceptors (Lipinski definition) is 4. The van der Waals surface area contributed by atoms with Crippen molar-refractivity contribution in [3.63, 3.8) is 0 Å². The third kappa shape index (κ3) is 41.3. The molecule has 0 N–H and O–H groups in total. The first-order valence-electron chi connectivity index (χ1n) is 19.3. The molecule has 1 atom stereocenters. The van der Waals surface area contributed by atoms with Crippen LogP contribution >= 0.6 is 0 Å². The maximum absolute atomic E-state index is 11.0. The minimum atomic E-state index is -4.62. The van der Waals surface area contributed by atoms with E-state index in [9.17, 15) is 13.0 Å². The molecule has 0 heterocycles. The van der Waals surface area contributed by atoms with Crippen LogP contribution in [0.3, 0.4) is 0 Å². The molecule has 0 fully saturated rings. The predicted molar refractivity (Wildman–Crippen MR) is 187 cm³/mol. The SMILES string of the molecule is CCCCCCCCCCCCCCC/C=C/C(CCCCCCCCCCCCCCCCCCC)COS(=O)(=O)[O-].[K+]. The number of hydrogen-bond donors (Lipinski definition) is 0. The largest absolute Gasteiger partial charge is 1.00 e. The Hall–Kier alpha value is 1.25. The molecule has 0 saturated carbocycles. The van der Waals surface area contributed by atoms with Crippen LogP contribution in [0.1, 0.15) is 219 Å². The third-order valence-electron chi connectivity index (χ3n) is 8.99. The Labute approximate surface area is 319 Å². The van der Waals surface area contributed by atoms with Crippen molar-refractivity contribution in [3.05, 3.63) is 12.2 Å². The fourth-order valence-corrected chi connectivity index (χ4v) is 6.45. The fourth-order valence-electron chi connectivity index (χ4n) is 6.11. The fraction of sp³-hybridized carbons (Fsp3) is 0.947. The zero-order valence-electron chi connectivity index (χ0n) is 30.1. The van der Waals surface area contributed by atoms with Gasteiger partial charge in [-0.25, -0.2) is 8.42 Å². The van der Waals surface area contributed by atoms with Crippen LogP contribution in [0.25, 0.3) is 0 Å². The quantitative estimate of drug-likeness (QED) is 0.0219. The number of unbranched alkanes of at least 4 members (excludes halogenated alkanes) is 29. The smallest absolute Gasteiger partial charge is 0.726 e. The van der Waals surface area contributed by atoms with Gasteiger partial charge in [-0.05, 0) is 19.3 Å². The molecule has 0 radical (unpaired) electrons. The van der Waals surface area contributed by atoms with E-state index in [0.717, 1.165) is 19.3 Å². The van der Waals surface area contributed by atoms with E-state index in [1.54, 1.807) is 0 Å². The Morgan fingerprint density at radius 2 is 0.795 bits per heavy atom.